The van der Waals surface area contributed by atoms with E-state index in [1.807, 2.05) is 54.6 Å². The first-order valence-electron chi connectivity index (χ1n) is 10.3. The molecule has 7 heteroatoms. The van der Waals surface area contributed by atoms with Crippen molar-refractivity contribution in [3.63, 3.8) is 0 Å². The summed E-state index contributed by atoms with van der Waals surface area (Å²) in [4.78, 5) is 27.5. The maximum absolute atomic E-state index is 12.3. The number of cyclic esters (lactones) is 1. The van der Waals surface area contributed by atoms with Gasteiger partial charge in [0.05, 0.1) is 13.2 Å². The normalized spacial score (nSPS) is 19.6. The van der Waals surface area contributed by atoms with Crippen molar-refractivity contribution in [2.24, 2.45) is 0 Å². The molecule has 4 rings (SSSR count). The third kappa shape index (κ3) is 4.57. The van der Waals surface area contributed by atoms with Crippen molar-refractivity contribution < 1.29 is 24.2 Å². The number of aliphatic hydroxyl groups is 1. The first kappa shape index (κ1) is 20.2. The lowest BCUT2D eigenvalue weighted by molar-refractivity contribution is 0.0870. The molecular weight excluding hydrogens is 384 g/mol. The summed E-state index contributed by atoms with van der Waals surface area (Å²) in [7, 11) is 0. The number of carbonyl (C=O) groups is 2. The largest absolute Gasteiger partial charge is 0.445 e. The number of nitrogens with zero attached hydrogens (tertiary/aromatic N) is 2. The van der Waals surface area contributed by atoms with E-state index in [4.69, 9.17) is 9.47 Å². The number of likely N-dealkylation sites (tertiary alicyclic amines) is 1. The highest BCUT2D eigenvalue weighted by Crippen LogP contribution is 2.30. The van der Waals surface area contributed by atoms with E-state index in [0.29, 0.717) is 25.6 Å². The second-order valence-electron chi connectivity index (χ2n) is 7.69. The molecular formula is C23H26N2O5. The van der Waals surface area contributed by atoms with Crippen LogP contribution >= 0.6 is 0 Å². The minimum Gasteiger partial charge on any atom is -0.445 e. The lowest BCUT2D eigenvalue weighted by atomic mass is 9.89. The van der Waals surface area contributed by atoms with Gasteiger partial charge in [0.2, 0.25) is 0 Å². The van der Waals surface area contributed by atoms with E-state index >= 15 is 0 Å². The number of amides is 2. The van der Waals surface area contributed by atoms with Crippen LogP contribution in [-0.4, -0.2) is 54.5 Å². The molecule has 0 aromatic heterocycles. The van der Waals surface area contributed by atoms with Gasteiger partial charge in [0.25, 0.3) is 0 Å². The van der Waals surface area contributed by atoms with Gasteiger partial charge in [-0.05, 0) is 42.0 Å². The fourth-order valence-electron chi connectivity index (χ4n) is 3.96. The van der Waals surface area contributed by atoms with Crippen LogP contribution in [-0.2, 0) is 16.1 Å². The summed E-state index contributed by atoms with van der Waals surface area (Å²) in [5.41, 5.74) is 2.94. The first-order chi connectivity index (χ1) is 14.6. The summed E-state index contributed by atoms with van der Waals surface area (Å²) >= 11 is 0. The Hall–Kier alpha value is -3.06. The average Bonchev–Trinajstić information content (AvgIpc) is 3.19. The standard InChI is InChI=1S/C23H26N2O5/c26-15-21-14-25(23(28)30-21)20-8-6-18(7-9-20)19-10-12-24(13-11-19)22(27)29-16-17-4-2-1-3-5-17/h1-9,19,21,26H,10-16H2/t21-/m1/s1. The maximum Gasteiger partial charge on any atom is 0.414 e. The molecule has 2 fully saturated rings. The Bertz CT molecular complexity index is 863. The number of hydrogen-bond acceptors (Lipinski definition) is 5. The van der Waals surface area contributed by atoms with E-state index in [-0.39, 0.29) is 19.3 Å². The van der Waals surface area contributed by atoms with E-state index in [2.05, 4.69) is 0 Å². The van der Waals surface area contributed by atoms with Crippen LogP contribution in [0.5, 0.6) is 0 Å². The van der Waals surface area contributed by atoms with Crippen LogP contribution in [0.2, 0.25) is 0 Å². The molecule has 30 heavy (non-hydrogen) atoms. The van der Waals surface area contributed by atoms with Crippen LogP contribution in [0.25, 0.3) is 0 Å². The van der Waals surface area contributed by atoms with Gasteiger partial charge in [0.15, 0.2) is 0 Å². The Balaban J connectivity index is 1.28. The molecule has 2 aromatic carbocycles. The Kier molecular flexibility index (Phi) is 6.18. The maximum atomic E-state index is 12.3. The monoisotopic (exact) mass is 410 g/mol. The van der Waals surface area contributed by atoms with E-state index in [1.54, 1.807) is 4.90 Å². The molecule has 2 saturated heterocycles. The zero-order valence-electron chi connectivity index (χ0n) is 16.8. The minimum atomic E-state index is -0.469. The number of ether oxygens (including phenoxy) is 2. The molecule has 2 aliphatic heterocycles. The van der Waals surface area contributed by atoms with Gasteiger partial charge >= 0.3 is 12.2 Å². The molecule has 0 unspecified atom stereocenters. The smallest absolute Gasteiger partial charge is 0.414 e. The van der Waals surface area contributed by atoms with Crippen molar-refractivity contribution in [3.8, 4) is 0 Å². The molecule has 0 radical (unpaired) electrons. The summed E-state index contributed by atoms with van der Waals surface area (Å²) < 4.78 is 10.5. The molecule has 158 valence electrons. The first-order valence-corrected chi connectivity index (χ1v) is 10.3. The van der Waals surface area contributed by atoms with E-state index in [1.165, 1.54) is 10.5 Å². The predicted octanol–water partition coefficient (Wildman–Crippen LogP) is 3.52. The molecule has 0 bridgehead atoms. The summed E-state index contributed by atoms with van der Waals surface area (Å²) in [6, 6.07) is 17.6. The van der Waals surface area contributed by atoms with Crippen LogP contribution in [0.1, 0.15) is 29.9 Å². The van der Waals surface area contributed by atoms with Crippen LogP contribution in [0, 0.1) is 0 Å². The number of hydrogen-bond donors (Lipinski definition) is 1. The Morgan fingerprint density at radius 2 is 1.77 bits per heavy atom. The summed E-state index contributed by atoms with van der Waals surface area (Å²) in [6.07, 6.45) is 0.585. The van der Waals surface area contributed by atoms with Gasteiger partial charge in [0.1, 0.15) is 12.7 Å². The van der Waals surface area contributed by atoms with Gasteiger partial charge in [-0.15, -0.1) is 0 Å². The molecule has 1 atom stereocenters. The molecule has 1 N–H and O–H groups in total. The van der Waals surface area contributed by atoms with Crippen molar-refractivity contribution in [1.82, 2.24) is 4.90 Å². The average molecular weight is 410 g/mol. The van der Waals surface area contributed by atoms with Crippen molar-refractivity contribution in [1.29, 1.82) is 0 Å². The molecule has 2 heterocycles. The third-order valence-corrected chi connectivity index (χ3v) is 5.71. The highest BCUT2D eigenvalue weighted by molar-refractivity contribution is 5.89. The quantitative estimate of drug-likeness (QED) is 0.816. The Morgan fingerprint density at radius 3 is 2.40 bits per heavy atom. The van der Waals surface area contributed by atoms with Crippen LogP contribution in [0.4, 0.5) is 15.3 Å². The fourth-order valence-corrected chi connectivity index (χ4v) is 3.96. The molecule has 7 nitrogen and oxygen atoms in total. The van der Waals surface area contributed by atoms with E-state index < -0.39 is 12.2 Å². The van der Waals surface area contributed by atoms with Crippen LogP contribution in [0.3, 0.4) is 0 Å². The zero-order valence-corrected chi connectivity index (χ0v) is 16.8. The zero-order chi connectivity index (χ0) is 20.9. The summed E-state index contributed by atoms with van der Waals surface area (Å²) in [5, 5.41) is 9.17. The van der Waals surface area contributed by atoms with Crippen molar-refractivity contribution >= 4 is 17.9 Å². The van der Waals surface area contributed by atoms with Gasteiger partial charge in [0, 0.05) is 18.8 Å². The van der Waals surface area contributed by atoms with Gasteiger partial charge in [-0.25, -0.2) is 9.59 Å². The number of rotatable bonds is 5. The van der Waals surface area contributed by atoms with Crippen LogP contribution in [0.15, 0.2) is 54.6 Å². The summed E-state index contributed by atoms with van der Waals surface area (Å²) in [5.74, 6) is 0.368. The van der Waals surface area contributed by atoms with E-state index in [9.17, 15) is 14.7 Å². The number of benzene rings is 2. The molecule has 0 saturated carbocycles. The number of piperidine rings is 1. The SMILES string of the molecule is O=C(OCc1ccccc1)N1CCC(c2ccc(N3C[C@H](CO)OC3=O)cc2)CC1. The van der Waals surface area contributed by atoms with Gasteiger partial charge in [-0.1, -0.05) is 42.5 Å². The highest BCUT2D eigenvalue weighted by Gasteiger charge is 2.32. The Morgan fingerprint density at radius 1 is 1.07 bits per heavy atom. The van der Waals surface area contributed by atoms with E-state index in [0.717, 1.165) is 24.1 Å². The molecule has 2 aliphatic rings. The Labute approximate surface area is 175 Å². The second kappa shape index (κ2) is 9.17. The van der Waals surface area contributed by atoms with Crippen LogP contribution < -0.4 is 4.90 Å². The number of aliphatic hydroxyl groups excluding tert-OH is 1. The molecule has 2 aromatic rings. The fraction of sp³-hybridized carbons (Fsp3) is 0.391. The molecule has 0 aliphatic carbocycles. The third-order valence-electron chi connectivity index (χ3n) is 5.71. The van der Waals surface area contributed by atoms with Crippen molar-refractivity contribution in [2.75, 3.05) is 31.1 Å². The van der Waals surface area contributed by atoms with Crippen molar-refractivity contribution in [3.05, 3.63) is 65.7 Å². The topological polar surface area (TPSA) is 79.3 Å². The highest BCUT2D eigenvalue weighted by atomic mass is 16.6. The number of carbonyl (C=O) groups excluding carboxylic acids is 2. The molecule has 0 spiro atoms. The van der Waals surface area contributed by atoms with Crippen molar-refractivity contribution in [2.45, 2.75) is 31.5 Å². The lowest BCUT2D eigenvalue weighted by Gasteiger charge is -2.31. The predicted molar refractivity (Wildman–Crippen MR) is 111 cm³/mol. The van der Waals surface area contributed by atoms with Gasteiger partial charge in [-0.3, -0.25) is 4.90 Å². The minimum absolute atomic E-state index is 0.174. The lowest BCUT2D eigenvalue weighted by Crippen LogP contribution is -2.38. The summed E-state index contributed by atoms with van der Waals surface area (Å²) in [6.45, 7) is 1.80. The second-order valence-corrected chi connectivity index (χ2v) is 7.69. The molecule has 2 amide bonds. The van der Waals surface area contributed by atoms with Gasteiger partial charge < -0.3 is 19.5 Å². The van der Waals surface area contributed by atoms with Gasteiger partial charge in [-0.2, -0.15) is 0 Å². The number of anilines is 1.